The van der Waals surface area contributed by atoms with E-state index in [1.807, 2.05) is 36.1 Å². The zero-order valence-corrected chi connectivity index (χ0v) is 15.2. The van der Waals surface area contributed by atoms with E-state index in [2.05, 4.69) is 15.3 Å². The summed E-state index contributed by atoms with van der Waals surface area (Å²) in [5.41, 5.74) is 2.27. The summed E-state index contributed by atoms with van der Waals surface area (Å²) < 4.78 is 1.67. The number of likely N-dealkylation sites (tertiary alicyclic amines) is 1. The molecule has 1 fully saturated rings. The molecule has 3 aromatic rings. The lowest BCUT2D eigenvalue weighted by molar-refractivity contribution is -0.135. The van der Waals surface area contributed by atoms with Gasteiger partial charge in [-0.3, -0.25) is 14.6 Å². The van der Waals surface area contributed by atoms with Gasteiger partial charge in [0.1, 0.15) is 11.6 Å². The number of carbonyl (C=O) groups excluding carboxylic acids is 2. The number of hydrogen-bond donors (Lipinski definition) is 0. The highest BCUT2D eigenvalue weighted by molar-refractivity contribution is 5.97. The first kappa shape index (κ1) is 17.3. The van der Waals surface area contributed by atoms with Gasteiger partial charge < -0.3 is 4.90 Å². The number of nitrogens with zero attached hydrogens (tertiary/aromatic N) is 5. The Morgan fingerprint density at radius 3 is 2.63 bits per heavy atom. The van der Waals surface area contributed by atoms with Crippen molar-refractivity contribution in [2.45, 2.75) is 25.8 Å². The fourth-order valence-corrected chi connectivity index (χ4v) is 3.65. The maximum Gasteiger partial charge on any atom is 0.247 e. The lowest BCUT2D eigenvalue weighted by atomic mass is 9.89. The highest BCUT2D eigenvalue weighted by atomic mass is 16.2. The highest BCUT2D eigenvalue weighted by Gasteiger charge is 2.31. The second-order valence-corrected chi connectivity index (χ2v) is 6.90. The van der Waals surface area contributed by atoms with Crippen LogP contribution in [0.25, 0.3) is 11.0 Å². The molecule has 27 heavy (non-hydrogen) atoms. The second kappa shape index (κ2) is 7.26. The minimum atomic E-state index is -0.428. The van der Waals surface area contributed by atoms with Crippen LogP contribution in [0.3, 0.4) is 0 Å². The Morgan fingerprint density at radius 1 is 1.11 bits per heavy atom. The average Bonchev–Trinajstić information content (AvgIpc) is 3.17. The minimum Gasteiger partial charge on any atom is -0.341 e. The van der Waals surface area contributed by atoms with Crippen molar-refractivity contribution in [2.75, 3.05) is 13.1 Å². The predicted molar refractivity (Wildman–Crippen MR) is 100 cm³/mol. The molecule has 0 N–H and O–H groups in total. The number of amides is 1. The zero-order chi connectivity index (χ0) is 18.8. The fraction of sp³-hybridized carbons (Fsp3) is 0.350. The van der Waals surface area contributed by atoms with Crippen molar-refractivity contribution in [1.82, 2.24) is 24.9 Å². The lowest BCUT2D eigenvalue weighted by Crippen LogP contribution is -2.43. The van der Waals surface area contributed by atoms with Gasteiger partial charge in [-0.25, -0.2) is 4.68 Å². The molecule has 1 aliphatic rings. The first-order chi connectivity index (χ1) is 13.1. The molecule has 2 aromatic heterocycles. The highest BCUT2D eigenvalue weighted by Crippen LogP contribution is 2.24. The molecule has 0 radical (unpaired) electrons. The van der Waals surface area contributed by atoms with E-state index in [4.69, 9.17) is 0 Å². The van der Waals surface area contributed by atoms with Gasteiger partial charge in [0.15, 0.2) is 5.78 Å². The number of fused-ring (bicyclic) bond motifs is 1. The van der Waals surface area contributed by atoms with Crippen LogP contribution in [0.4, 0.5) is 0 Å². The standard InChI is InChI=1S/C20H21N5O2/c1-14(25-18-7-3-2-6-17(18)22-23-25)20(27)24-11-8-15(9-12-24)19(26)16-5-4-10-21-13-16/h2-7,10,13-15H,8-9,11-12H2,1H3. The van der Waals surface area contributed by atoms with Crippen LogP contribution in [0, 0.1) is 5.92 Å². The molecule has 7 heteroatoms. The summed E-state index contributed by atoms with van der Waals surface area (Å²) in [5, 5.41) is 8.28. The molecule has 138 valence electrons. The number of aromatic nitrogens is 4. The van der Waals surface area contributed by atoms with Gasteiger partial charge in [0.2, 0.25) is 5.91 Å². The summed E-state index contributed by atoms with van der Waals surface area (Å²) in [6.45, 7) is 3.00. The van der Waals surface area contributed by atoms with E-state index in [-0.39, 0.29) is 17.6 Å². The number of benzene rings is 1. The molecule has 0 saturated carbocycles. The molecule has 0 aliphatic carbocycles. The Labute approximate surface area is 157 Å². The van der Waals surface area contributed by atoms with Gasteiger partial charge >= 0.3 is 0 Å². The summed E-state index contributed by atoms with van der Waals surface area (Å²) in [5.74, 6) is 0.0733. The molecule has 7 nitrogen and oxygen atoms in total. The van der Waals surface area contributed by atoms with Crippen LogP contribution in [0.15, 0.2) is 48.8 Å². The van der Waals surface area contributed by atoms with Crippen molar-refractivity contribution < 1.29 is 9.59 Å². The van der Waals surface area contributed by atoms with Gasteiger partial charge in [0.05, 0.1) is 5.52 Å². The summed E-state index contributed by atoms with van der Waals surface area (Å²) in [4.78, 5) is 31.4. The molecule has 1 aromatic carbocycles. The third-order valence-corrected chi connectivity index (χ3v) is 5.23. The fourth-order valence-electron chi connectivity index (χ4n) is 3.65. The average molecular weight is 363 g/mol. The topological polar surface area (TPSA) is 81.0 Å². The number of rotatable bonds is 4. The normalized spacial score (nSPS) is 16.4. The molecule has 1 aliphatic heterocycles. The monoisotopic (exact) mass is 363 g/mol. The Morgan fingerprint density at radius 2 is 1.89 bits per heavy atom. The summed E-state index contributed by atoms with van der Waals surface area (Å²) >= 11 is 0. The molecule has 1 atom stereocenters. The van der Waals surface area contributed by atoms with Crippen molar-refractivity contribution in [3.05, 3.63) is 54.4 Å². The van der Waals surface area contributed by atoms with Gasteiger partial charge in [-0.15, -0.1) is 5.10 Å². The van der Waals surface area contributed by atoms with Gasteiger partial charge in [-0.05, 0) is 44.0 Å². The molecule has 0 bridgehead atoms. The SMILES string of the molecule is CC(C(=O)N1CCC(C(=O)c2cccnc2)CC1)n1nnc2ccccc21. The van der Waals surface area contributed by atoms with Crippen molar-refractivity contribution in [3.8, 4) is 0 Å². The van der Waals surface area contributed by atoms with Crippen molar-refractivity contribution in [1.29, 1.82) is 0 Å². The molecule has 4 rings (SSSR count). The molecule has 1 amide bonds. The molecule has 0 spiro atoms. The summed E-state index contributed by atoms with van der Waals surface area (Å²) in [6, 6.07) is 10.7. The van der Waals surface area contributed by atoms with Crippen LogP contribution in [-0.2, 0) is 4.79 Å². The van der Waals surface area contributed by atoms with E-state index in [0.29, 0.717) is 31.5 Å². The molecular weight excluding hydrogens is 342 g/mol. The molecule has 1 unspecified atom stereocenters. The van der Waals surface area contributed by atoms with Crippen LogP contribution in [-0.4, -0.2) is 49.7 Å². The zero-order valence-electron chi connectivity index (χ0n) is 15.2. The number of ketones is 1. The molecular formula is C20H21N5O2. The Balaban J connectivity index is 1.42. The van der Waals surface area contributed by atoms with Crippen LogP contribution in [0.1, 0.15) is 36.2 Å². The largest absolute Gasteiger partial charge is 0.341 e. The van der Waals surface area contributed by atoms with Gasteiger partial charge in [-0.2, -0.15) is 0 Å². The maximum atomic E-state index is 12.9. The van der Waals surface area contributed by atoms with Crippen LogP contribution in [0.2, 0.25) is 0 Å². The van der Waals surface area contributed by atoms with Crippen molar-refractivity contribution >= 4 is 22.7 Å². The predicted octanol–water partition coefficient (Wildman–Crippen LogP) is 2.51. The van der Waals surface area contributed by atoms with Gasteiger partial charge in [0, 0.05) is 37.0 Å². The van der Waals surface area contributed by atoms with Gasteiger partial charge in [0.25, 0.3) is 0 Å². The van der Waals surface area contributed by atoms with Crippen LogP contribution >= 0.6 is 0 Å². The number of hydrogen-bond acceptors (Lipinski definition) is 5. The lowest BCUT2D eigenvalue weighted by Gasteiger charge is -2.33. The Bertz CT molecular complexity index is 961. The number of piperidine rings is 1. The van der Waals surface area contributed by atoms with Crippen molar-refractivity contribution in [2.24, 2.45) is 5.92 Å². The van der Waals surface area contributed by atoms with Crippen LogP contribution in [0.5, 0.6) is 0 Å². The Hall–Kier alpha value is -3.09. The summed E-state index contributed by atoms with van der Waals surface area (Å²) in [6.07, 6.45) is 4.61. The quantitative estimate of drug-likeness (QED) is 0.665. The summed E-state index contributed by atoms with van der Waals surface area (Å²) in [7, 11) is 0. The number of pyridine rings is 1. The maximum absolute atomic E-state index is 12.9. The van der Waals surface area contributed by atoms with E-state index in [9.17, 15) is 9.59 Å². The van der Waals surface area contributed by atoms with E-state index in [0.717, 1.165) is 11.0 Å². The third kappa shape index (κ3) is 3.32. The first-order valence-corrected chi connectivity index (χ1v) is 9.18. The number of carbonyl (C=O) groups is 2. The first-order valence-electron chi connectivity index (χ1n) is 9.18. The van der Waals surface area contributed by atoms with Gasteiger partial charge in [-0.1, -0.05) is 17.3 Å². The van der Waals surface area contributed by atoms with E-state index < -0.39 is 6.04 Å². The Kier molecular flexibility index (Phi) is 4.66. The third-order valence-electron chi connectivity index (χ3n) is 5.23. The second-order valence-electron chi connectivity index (χ2n) is 6.90. The number of Topliss-reactive ketones (excluding diaryl/α,β-unsaturated/α-hetero) is 1. The number of para-hydroxylation sites is 1. The van der Waals surface area contributed by atoms with E-state index in [1.165, 1.54) is 0 Å². The van der Waals surface area contributed by atoms with E-state index >= 15 is 0 Å². The minimum absolute atomic E-state index is 0.0120. The molecule has 3 heterocycles. The molecule has 1 saturated heterocycles. The van der Waals surface area contributed by atoms with Crippen molar-refractivity contribution in [3.63, 3.8) is 0 Å². The van der Waals surface area contributed by atoms with Crippen LogP contribution < -0.4 is 0 Å². The smallest absolute Gasteiger partial charge is 0.247 e. The van der Waals surface area contributed by atoms with E-state index in [1.54, 1.807) is 29.2 Å².